The van der Waals surface area contributed by atoms with Gasteiger partial charge in [0, 0.05) is 17.0 Å². The summed E-state index contributed by atoms with van der Waals surface area (Å²) in [6.45, 7) is 5.66. The number of rotatable bonds is 5. The topological polar surface area (TPSA) is 87.0 Å². The first-order valence-electron chi connectivity index (χ1n) is 10.2. The van der Waals surface area contributed by atoms with E-state index in [1.807, 2.05) is 13.8 Å². The molecule has 1 N–H and O–H groups in total. The molecule has 1 atom stereocenters. The number of aryl methyl sites for hydroxylation is 1. The lowest BCUT2D eigenvalue weighted by atomic mass is 9.87. The number of Topliss-reactive ketones (excluding diaryl/α,β-unsaturated/α-hetero) is 1. The van der Waals surface area contributed by atoms with Crippen LogP contribution in [0.3, 0.4) is 0 Å². The molecule has 1 aromatic heterocycles. The summed E-state index contributed by atoms with van der Waals surface area (Å²) in [5.74, 6) is 0.894. The van der Waals surface area contributed by atoms with Crippen molar-refractivity contribution in [1.29, 1.82) is 0 Å². The molecule has 3 aromatic rings. The van der Waals surface area contributed by atoms with Gasteiger partial charge in [-0.3, -0.25) is 9.59 Å². The van der Waals surface area contributed by atoms with Gasteiger partial charge in [0.2, 0.25) is 0 Å². The van der Waals surface area contributed by atoms with Crippen LogP contribution < -0.4 is 19.5 Å². The van der Waals surface area contributed by atoms with Crippen molar-refractivity contribution < 1.29 is 28.2 Å². The van der Waals surface area contributed by atoms with Crippen LogP contribution in [0, 0.1) is 6.92 Å². The lowest BCUT2D eigenvalue weighted by Gasteiger charge is -2.34. The van der Waals surface area contributed by atoms with Crippen LogP contribution in [-0.2, 0) is 0 Å². The van der Waals surface area contributed by atoms with Crippen LogP contribution in [0.2, 0.25) is 5.02 Å². The van der Waals surface area contributed by atoms with Crippen molar-refractivity contribution in [2.24, 2.45) is 0 Å². The quantitative estimate of drug-likeness (QED) is 0.521. The predicted octanol–water partition coefficient (Wildman–Crippen LogP) is 5.80. The van der Waals surface area contributed by atoms with Crippen LogP contribution in [0.1, 0.15) is 53.2 Å². The van der Waals surface area contributed by atoms with E-state index in [0.29, 0.717) is 56.5 Å². The molecule has 1 aliphatic heterocycles. The summed E-state index contributed by atoms with van der Waals surface area (Å²) in [5, 5.41) is 3.68. The Balaban J connectivity index is 1.75. The molecule has 8 heteroatoms. The first-order valence-corrected chi connectivity index (χ1v) is 10.6. The van der Waals surface area contributed by atoms with Gasteiger partial charge in [0.05, 0.1) is 36.9 Å². The molecule has 4 rings (SSSR count). The number of amides is 1. The van der Waals surface area contributed by atoms with E-state index in [9.17, 15) is 9.59 Å². The number of fused-ring (bicyclic) bond motifs is 3. The fraction of sp³-hybridized carbons (Fsp3) is 0.333. The molecule has 2 heterocycles. The number of nitrogens with one attached hydrogen (secondary N) is 1. The molecule has 0 spiro atoms. The van der Waals surface area contributed by atoms with Gasteiger partial charge in [0.25, 0.3) is 5.91 Å². The summed E-state index contributed by atoms with van der Waals surface area (Å²) in [7, 11) is 2.97. The third-order valence-corrected chi connectivity index (χ3v) is 6.20. The molecular formula is C24H24ClNO6. The number of carbonyl (C=O) groups excluding carboxylic acids is 2. The molecule has 32 heavy (non-hydrogen) atoms. The average molecular weight is 458 g/mol. The van der Waals surface area contributed by atoms with Gasteiger partial charge < -0.3 is 23.9 Å². The lowest BCUT2D eigenvalue weighted by Crippen LogP contribution is -2.38. The van der Waals surface area contributed by atoms with Crippen molar-refractivity contribution in [2.45, 2.75) is 39.2 Å². The van der Waals surface area contributed by atoms with Gasteiger partial charge >= 0.3 is 0 Å². The van der Waals surface area contributed by atoms with Gasteiger partial charge in [-0.1, -0.05) is 18.5 Å². The minimum atomic E-state index is -0.542. The molecule has 1 amide bonds. The summed E-state index contributed by atoms with van der Waals surface area (Å²) in [5.41, 5.74) is 1.29. The zero-order valence-corrected chi connectivity index (χ0v) is 19.3. The Labute approximate surface area is 190 Å². The van der Waals surface area contributed by atoms with Crippen molar-refractivity contribution in [2.75, 3.05) is 19.5 Å². The summed E-state index contributed by atoms with van der Waals surface area (Å²) in [4.78, 5) is 26.1. The van der Waals surface area contributed by atoms with Gasteiger partial charge in [-0.2, -0.15) is 0 Å². The summed E-state index contributed by atoms with van der Waals surface area (Å²) in [6, 6.07) is 6.57. The second-order valence-electron chi connectivity index (χ2n) is 8.01. The number of benzene rings is 2. The van der Waals surface area contributed by atoms with Gasteiger partial charge in [0.15, 0.2) is 11.5 Å². The fourth-order valence-corrected chi connectivity index (χ4v) is 4.20. The van der Waals surface area contributed by atoms with E-state index in [1.165, 1.54) is 14.2 Å². The van der Waals surface area contributed by atoms with E-state index < -0.39 is 11.5 Å². The van der Waals surface area contributed by atoms with Crippen LogP contribution in [-0.4, -0.2) is 31.5 Å². The van der Waals surface area contributed by atoms with E-state index in [1.54, 1.807) is 31.2 Å². The summed E-state index contributed by atoms with van der Waals surface area (Å²) >= 11 is 6.21. The Kier molecular flexibility index (Phi) is 5.54. The maximum absolute atomic E-state index is 13.1. The molecule has 1 unspecified atom stereocenters. The molecule has 0 bridgehead atoms. The van der Waals surface area contributed by atoms with Crippen molar-refractivity contribution in [3.05, 3.63) is 46.2 Å². The molecule has 0 saturated carbocycles. The van der Waals surface area contributed by atoms with E-state index in [-0.39, 0.29) is 18.0 Å². The number of anilines is 1. The van der Waals surface area contributed by atoms with Crippen molar-refractivity contribution >= 4 is 39.9 Å². The first-order chi connectivity index (χ1) is 15.2. The first kappa shape index (κ1) is 22.0. The summed E-state index contributed by atoms with van der Waals surface area (Å²) in [6.07, 6.45) is 0.976. The number of carbonyl (C=O) groups is 2. The Morgan fingerprint density at radius 3 is 2.59 bits per heavy atom. The Hall–Kier alpha value is -3.19. The number of methoxy groups -OCH3 is 2. The van der Waals surface area contributed by atoms with Crippen LogP contribution in [0.15, 0.2) is 28.7 Å². The van der Waals surface area contributed by atoms with Gasteiger partial charge in [-0.15, -0.1) is 0 Å². The van der Waals surface area contributed by atoms with Gasteiger partial charge in [0.1, 0.15) is 28.4 Å². The Morgan fingerprint density at radius 1 is 1.22 bits per heavy atom. The fourth-order valence-electron chi connectivity index (χ4n) is 3.96. The molecule has 0 radical (unpaired) electrons. The lowest BCUT2D eigenvalue weighted by molar-refractivity contribution is 0.0503. The zero-order chi connectivity index (χ0) is 23.2. The van der Waals surface area contributed by atoms with Crippen molar-refractivity contribution in [3.63, 3.8) is 0 Å². The number of furan rings is 1. The van der Waals surface area contributed by atoms with Crippen molar-refractivity contribution in [1.82, 2.24) is 0 Å². The largest absolute Gasteiger partial charge is 0.495 e. The number of ether oxygens (including phenoxy) is 3. The normalized spacial score (nSPS) is 17.6. The van der Waals surface area contributed by atoms with Gasteiger partial charge in [-0.05, 0) is 38.5 Å². The van der Waals surface area contributed by atoms with Crippen LogP contribution in [0.25, 0.3) is 11.0 Å². The molecule has 0 fully saturated rings. The van der Waals surface area contributed by atoms with Crippen molar-refractivity contribution in [3.8, 4) is 17.2 Å². The molecular weight excluding hydrogens is 434 g/mol. The number of halogens is 1. The predicted molar refractivity (Wildman–Crippen MR) is 122 cm³/mol. The third-order valence-electron chi connectivity index (χ3n) is 5.90. The zero-order valence-electron chi connectivity index (χ0n) is 18.6. The summed E-state index contributed by atoms with van der Waals surface area (Å²) < 4.78 is 22.5. The highest BCUT2D eigenvalue weighted by atomic mass is 35.5. The van der Waals surface area contributed by atoms with Crippen LogP contribution in [0.4, 0.5) is 5.69 Å². The highest BCUT2D eigenvalue weighted by Gasteiger charge is 2.37. The minimum absolute atomic E-state index is 0.0272. The van der Waals surface area contributed by atoms with E-state index in [2.05, 4.69) is 5.32 Å². The maximum Gasteiger partial charge on any atom is 0.291 e. The molecule has 1 aliphatic rings. The molecule has 7 nitrogen and oxygen atoms in total. The van der Waals surface area contributed by atoms with E-state index >= 15 is 0 Å². The number of hydrogen-bond acceptors (Lipinski definition) is 6. The molecule has 168 valence electrons. The van der Waals surface area contributed by atoms with Crippen LogP contribution >= 0.6 is 11.6 Å². The Morgan fingerprint density at radius 2 is 1.94 bits per heavy atom. The van der Waals surface area contributed by atoms with Crippen LogP contribution in [0.5, 0.6) is 17.2 Å². The Bertz CT molecular complexity index is 1250. The van der Waals surface area contributed by atoms with Gasteiger partial charge in [-0.25, -0.2) is 0 Å². The highest BCUT2D eigenvalue weighted by molar-refractivity contribution is 6.32. The molecule has 0 aliphatic carbocycles. The monoisotopic (exact) mass is 457 g/mol. The number of ketones is 1. The standard InChI is InChI=1S/C24H24ClNO6/c1-6-24(3)11-15(27)21-17(32-24)8-7-16-20(21)12(2)22(31-16)23(28)26-14-9-13(25)18(29-4)10-19(14)30-5/h7-10H,6,11H2,1-5H3,(H,26,28). The second-order valence-corrected chi connectivity index (χ2v) is 8.42. The third kappa shape index (κ3) is 3.56. The van der Waals surface area contributed by atoms with E-state index in [0.717, 1.165) is 0 Å². The van der Waals surface area contributed by atoms with E-state index in [4.69, 9.17) is 30.2 Å². The molecule has 2 aromatic carbocycles. The second kappa shape index (κ2) is 8.06. The number of hydrogen-bond donors (Lipinski definition) is 1. The highest BCUT2D eigenvalue weighted by Crippen LogP contribution is 2.42. The maximum atomic E-state index is 13.1. The average Bonchev–Trinajstić information content (AvgIpc) is 3.10. The molecule has 0 saturated heterocycles. The minimum Gasteiger partial charge on any atom is -0.495 e. The smallest absolute Gasteiger partial charge is 0.291 e. The SMILES string of the molecule is CCC1(C)CC(=O)c2c(ccc3oc(C(=O)Nc4cc(Cl)c(OC)cc4OC)c(C)c23)O1.